The molecule has 27 heavy (non-hydrogen) atoms. The number of aliphatic hydroxyl groups is 1. The summed E-state index contributed by atoms with van der Waals surface area (Å²) < 4.78 is 11.3. The van der Waals surface area contributed by atoms with Gasteiger partial charge in [-0.2, -0.15) is 0 Å². The van der Waals surface area contributed by atoms with E-state index >= 15 is 0 Å². The number of likely N-dealkylation sites (tertiary alicyclic amines) is 1. The van der Waals surface area contributed by atoms with Crippen LogP contribution in [0.3, 0.4) is 0 Å². The number of nitrogens with zero attached hydrogens (tertiary/aromatic N) is 2. The lowest BCUT2D eigenvalue weighted by Crippen LogP contribution is -2.48. The van der Waals surface area contributed by atoms with E-state index in [4.69, 9.17) is 9.26 Å². The van der Waals surface area contributed by atoms with E-state index in [1.54, 1.807) is 0 Å². The molecule has 2 aliphatic heterocycles. The molecule has 0 saturated carbocycles. The van der Waals surface area contributed by atoms with E-state index in [0.29, 0.717) is 13.0 Å². The van der Waals surface area contributed by atoms with Gasteiger partial charge in [0, 0.05) is 37.3 Å². The van der Waals surface area contributed by atoms with E-state index in [2.05, 4.69) is 15.4 Å². The molecular weight excluding hydrogens is 346 g/mol. The molecule has 1 fully saturated rings. The zero-order valence-electron chi connectivity index (χ0n) is 15.7. The number of aryl methyl sites for hydroxylation is 3. The first-order chi connectivity index (χ1) is 13.0. The third-order valence-corrected chi connectivity index (χ3v) is 5.43. The molecule has 1 saturated heterocycles. The number of aromatic nitrogens is 1. The van der Waals surface area contributed by atoms with Crippen LogP contribution < -0.4 is 10.1 Å². The fraction of sp³-hybridized carbons (Fsp3) is 0.500. The Labute approximate surface area is 158 Å². The van der Waals surface area contributed by atoms with Gasteiger partial charge in [-0.15, -0.1) is 0 Å². The molecular formula is C20H25N3O4. The second-order valence-electron chi connectivity index (χ2n) is 7.42. The number of carbonyl (C=O) groups excluding carboxylic acids is 1. The number of piperidine rings is 1. The van der Waals surface area contributed by atoms with E-state index in [0.717, 1.165) is 59.9 Å². The highest BCUT2D eigenvalue weighted by Crippen LogP contribution is 2.29. The zero-order chi connectivity index (χ0) is 19.0. The number of hydrogen-bond acceptors (Lipinski definition) is 6. The number of β-amino-alcohol motifs (C(OH)–C–C–N with tert-alkyl or cyclic N) is 1. The van der Waals surface area contributed by atoms with Crippen LogP contribution in [0.5, 0.6) is 5.75 Å². The predicted molar refractivity (Wildman–Crippen MR) is 99.7 cm³/mol. The number of aliphatic hydroxyl groups excluding tert-OH is 1. The first-order valence-electron chi connectivity index (χ1n) is 9.41. The molecule has 0 unspecified atom stereocenters. The van der Waals surface area contributed by atoms with Crippen LogP contribution in [0, 0.1) is 13.8 Å². The molecule has 2 aromatic rings. The van der Waals surface area contributed by atoms with Gasteiger partial charge in [0.15, 0.2) is 0 Å². The Morgan fingerprint density at radius 1 is 1.37 bits per heavy atom. The van der Waals surface area contributed by atoms with Gasteiger partial charge in [0.2, 0.25) is 5.91 Å². The molecule has 0 bridgehead atoms. The van der Waals surface area contributed by atoms with Gasteiger partial charge >= 0.3 is 0 Å². The fourth-order valence-corrected chi connectivity index (χ4v) is 3.82. The van der Waals surface area contributed by atoms with Gasteiger partial charge in [-0.25, -0.2) is 0 Å². The minimum atomic E-state index is -0.560. The number of rotatable bonds is 4. The second-order valence-corrected chi connectivity index (χ2v) is 7.42. The Kier molecular flexibility index (Phi) is 4.88. The summed E-state index contributed by atoms with van der Waals surface area (Å²) in [5, 5.41) is 17.4. The quantitative estimate of drug-likeness (QED) is 0.857. The van der Waals surface area contributed by atoms with Crippen molar-refractivity contribution in [2.24, 2.45) is 0 Å². The van der Waals surface area contributed by atoms with Crippen molar-refractivity contribution in [3.05, 3.63) is 40.8 Å². The summed E-state index contributed by atoms with van der Waals surface area (Å²) in [6, 6.07) is 5.70. The van der Waals surface area contributed by atoms with Gasteiger partial charge in [-0.1, -0.05) is 5.16 Å². The number of fused-ring (bicyclic) bond motifs is 1. The molecule has 0 radical (unpaired) electrons. The highest BCUT2D eigenvalue weighted by Gasteiger charge is 2.30. The molecule has 2 aliphatic rings. The zero-order valence-corrected chi connectivity index (χ0v) is 15.7. The average molecular weight is 371 g/mol. The molecule has 3 heterocycles. The van der Waals surface area contributed by atoms with E-state index in [9.17, 15) is 9.90 Å². The molecule has 4 rings (SSSR count). The Bertz CT molecular complexity index is 828. The van der Waals surface area contributed by atoms with Gasteiger partial charge in [0.25, 0.3) is 0 Å². The first-order valence-corrected chi connectivity index (χ1v) is 9.41. The maximum atomic E-state index is 11.5. The van der Waals surface area contributed by atoms with Crippen LogP contribution >= 0.6 is 0 Å². The molecule has 7 nitrogen and oxygen atoms in total. The molecule has 144 valence electrons. The maximum Gasteiger partial charge on any atom is 0.224 e. The van der Waals surface area contributed by atoms with Crippen molar-refractivity contribution in [2.75, 3.05) is 18.4 Å². The monoisotopic (exact) mass is 371 g/mol. The molecule has 2 N–H and O–H groups in total. The highest BCUT2D eigenvalue weighted by atomic mass is 16.5. The van der Waals surface area contributed by atoms with Crippen molar-refractivity contribution in [3.8, 4) is 5.75 Å². The number of ether oxygens (including phenoxy) is 1. The van der Waals surface area contributed by atoms with Crippen LogP contribution in [0.15, 0.2) is 22.7 Å². The standard InChI is InChI=1S/C20H25N3O4/c1-12-16(13(2)27-22-12)10-23-8-7-19(18(24)11-23)26-15-4-5-17-14(9-15)3-6-20(25)21-17/h4-5,9,18-19,24H,3,6-8,10-11H2,1-2H3,(H,21,25)/t18-,19-/m1/s1. The summed E-state index contributed by atoms with van der Waals surface area (Å²) in [6.07, 6.45) is 1.17. The molecule has 7 heteroatoms. The molecule has 2 atom stereocenters. The topological polar surface area (TPSA) is 87.8 Å². The van der Waals surface area contributed by atoms with Crippen molar-refractivity contribution in [2.45, 2.75) is 51.9 Å². The summed E-state index contributed by atoms with van der Waals surface area (Å²) in [4.78, 5) is 13.7. The minimum Gasteiger partial charge on any atom is -0.488 e. The van der Waals surface area contributed by atoms with Crippen LogP contribution in [0.4, 0.5) is 5.69 Å². The van der Waals surface area contributed by atoms with Crippen molar-refractivity contribution >= 4 is 11.6 Å². The number of nitrogens with one attached hydrogen (secondary N) is 1. The average Bonchev–Trinajstić information content (AvgIpc) is 2.96. The fourth-order valence-electron chi connectivity index (χ4n) is 3.82. The Balaban J connectivity index is 1.37. The van der Waals surface area contributed by atoms with Crippen molar-refractivity contribution in [1.82, 2.24) is 10.1 Å². The summed E-state index contributed by atoms with van der Waals surface area (Å²) in [6.45, 7) is 5.97. The lowest BCUT2D eigenvalue weighted by molar-refractivity contribution is -0.116. The number of anilines is 1. The summed E-state index contributed by atoms with van der Waals surface area (Å²) in [5.41, 5.74) is 3.94. The summed E-state index contributed by atoms with van der Waals surface area (Å²) >= 11 is 0. The van der Waals surface area contributed by atoms with Gasteiger partial charge in [-0.3, -0.25) is 9.69 Å². The molecule has 0 aliphatic carbocycles. The van der Waals surface area contributed by atoms with E-state index < -0.39 is 6.10 Å². The molecule has 1 aromatic heterocycles. The highest BCUT2D eigenvalue weighted by molar-refractivity contribution is 5.93. The second kappa shape index (κ2) is 7.32. The summed E-state index contributed by atoms with van der Waals surface area (Å²) in [5.74, 6) is 1.63. The third-order valence-electron chi connectivity index (χ3n) is 5.43. The molecule has 1 aromatic carbocycles. The lowest BCUT2D eigenvalue weighted by atomic mass is 10.0. The van der Waals surface area contributed by atoms with E-state index in [1.807, 2.05) is 32.0 Å². The smallest absolute Gasteiger partial charge is 0.224 e. The van der Waals surface area contributed by atoms with E-state index in [-0.39, 0.29) is 12.0 Å². The van der Waals surface area contributed by atoms with Gasteiger partial charge < -0.3 is 19.7 Å². The maximum absolute atomic E-state index is 11.5. The first kappa shape index (κ1) is 18.0. The Morgan fingerprint density at radius 3 is 2.96 bits per heavy atom. The molecule has 0 spiro atoms. The SMILES string of the molecule is Cc1noc(C)c1CN1CC[C@@H](Oc2ccc3c(c2)CCC(=O)N3)[C@H](O)C1. The van der Waals surface area contributed by atoms with Crippen LogP contribution in [0.25, 0.3) is 0 Å². The lowest BCUT2D eigenvalue weighted by Gasteiger charge is -2.36. The number of amides is 1. The number of carbonyl (C=O) groups is 1. The van der Waals surface area contributed by atoms with Gasteiger partial charge in [-0.05, 0) is 50.5 Å². The summed E-state index contributed by atoms with van der Waals surface area (Å²) in [7, 11) is 0. The number of benzene rings is 1. The number of hydrogen-bond donors (Lipinski definition) is 2. The molecule has 1 amide bonds. The van der Waals surface area contributed by atoms with Crippen LogP contribution in [0.1, 0.15) is 35.4 Å². The van der Waals surface area contributed by atoms with Gasteiger partial charge in [0.1, 0.15) is 23.7 Å². The van der Waals surface area contributed by atoms with Crippen LogP contribution in [0.2, 0.25) is 0 Å². The third kappa shape index (κ3) is 3.84. The van der Waals surface area contributed by atoms with Crippen molar-refractivity contribution in [1.29, 1.82) is 0 Å². The van der Waals surface area contributed by atoms with Crippen LogP contribution in [-0.2, 0) is 17.8 Å². The Morgan fingerprint density at radius 2 is 2.22 bits per heavy atom. The largest absolute Gasteiger partial charge is 0.488 e. The van der Waals surface area contributed by atoms with Gasteiger partial charge in [0.05, 0.1) is 5.69 Å². The normalized spacial score (nSPS) is 23.0. The van der Waals surface area contributed by atoms with E-state index in [1.165, 1.54) is 0 Å². The predicted octanol–water partition coefficient (Wildman–Crippen LogP) is 2.19. The van der Waals surface area contributed by atoms with Crippen molar-refractivity contribution in [3.63, 3.8) is 0 Å². The van der Waals surface area contributed by atoms with Crippen LogP contribution in [-0.4, -0.2) is 46.4 Å². The Hall–Kier alpha value is -2.38. The minimum absolute atomic E-state index is 0.0530. The van der Waals surface area contributed by atoms with Crippen molar-refractivity contribution < 1.29 is 19.2 Å².